The quantitative estimate of drug-likeness (QED) is 0.308. The van der Waals surface area contributed by atoms with E-state index in [4.69, 9.17) is 0 Å². The number of rotatable bonds is 0. The third kappa shape index (κ3) is 0.814. The molecule has 3 aliphatic rings. The Morgan fingerprint density at radius 3 is 1.56 bits per heavy atom. The Balaban J connectivity index is 2.06. The van der Waals surface area contributed by atoms with Crippen LogP contribution in [0.2, 0.25) is 0 Å². The molecular weight excluding hydrogens is 308 g/mol. The zero-order valence-electron chi connectivity index (χ0n) is 9.47. The zero-order valence-corrected chi connectivity index (χ0v) is 12.1. The van der Waals surface area contributed by atoms with Gasteiger partial charge in [0.25, 0.3) is 0 Å². The van der Waals surface area contributed by atoms with E-state index in [2.05, 4.69) is 83.1 Å². The Morgan fingerprint density at radius 1 is 0.778 bits per heavy atom. The summed E-state index contributed by atoms with van der Waals surface area (Å²) in [5, 5.41) is 0. The Bertz CT molecular complexity index is 728. The van der Waals surface area contributed by atoms with Gasteiger partial charge in [-0.2, -0.15) is 0 Å². The monoisotopic (exact) mass is 319 g/mol. The molecule has 3 nitrogen and oxygen atoms in total. The van der Waals surface area contributed by atoms with Crippen LogP contribution in [-0.2, 0) is 0 Å². The molecule has 18 heavy (non-hydrogen) atoms. The first-order valence-corrected chi connectivity index (χ1v) is 9.82. The van der Waals surface area contributed by atoms with Gasteiger partial charge in [0, 0.05) is 0 Å². The van der Waals surface area contributed by atoms with Gasteiger partial charge in [0.1, 0.15) is 0 Å². The van der Waals surface area contributed by atoms with Crippen molar-refractivity contribution >= 4 is 21.1 Å². The second-order valence-electron chi connectivity index (χ2n) is 4.78. The van der Waals surface area contributed by atoms with E-state index >= 15 is 0 Å². The van der Waals surface area contributed by atoms with Crippen molar-refractivity contribution in [3.63, 3.8) is 0 Å². The summed E-state index contributed by atoms with van der Waals surface area (Å²) in [6.45, 7) is 0. The summed E-state index contributed by atoms with van der Waals surface area (Å²) in [6, 6.07) is 13.2. The number of hydrogen-bond donors (Lipinski definition) is 0. The minimum absolute atomic E-state index is 0.375. The standard InChI is InChI=1S/C13H10N3PSe/c18-17-14-7-1-4-10(14)13(11-5-2-8-15(11)17)12-6-3-9-16(12)17/h1-9,13H. The van der Waals surface area contributed by atoms with Crippen molar-refractivity contribution in [3.8, 4) is 0 Å². The van der Waals surface area contributed by atoms with Crippen LogP contribution in [0.25, 0.3) is 0 Å². The van der Waals surface area contributed by atoms with Crippen LogP contribution in [0.4, 0.5) is 0 Å². The van der Waals surface area contributed by atoms with E-state index in [0.717, 1.165) is 0 Å². The van der Waals surface area contributed by atoms with Gasteiger partial charge in [-0.3, -0.25) is 0 Å². The molecule has 0 saturated carbocycles. The zero-order chi connectivity index (χ0) is 11.9. The van der Waals surface area contributed by atoms with Gasteiger partial charge in [-0.25, -0.2) is 0 Å². The van der Waals surface area contributed by atoms with Crippen molar-refractivity contribution in [2.45, 2.75) is 5.92 Å². The van der Waals surface area contributed by atoms with Gasteiger partial charge in [-0.1, -0.05) is 0 Å². The van der Waals surface area contributed by atoms with Crippen molar-refractivity contribution in [2.24, 2.45) is 0 Å². The third-order valence-electron chi connectivity index (χ3n) is 4.01. The van der Waals surface area contributed by atoms with Crippen LogP contribution >= 0.6 is 5.96 Å². The molecule has 0 N–H and O–H groups in total. The molecule has 3 aliphatic heterocycles. The van der Waals surface area contributed by atoms with E-state index in [-0.39, 0.29) is 0 Å². The van der Waals surface area contributed by atoms with E-state index in [1.807, 2.05) is 0 Å². The molecule has 0 aromatic carbocycles. The summed E-state index contributed by atoms with van der Waals surface area (Å²) in [4.78, 5) is 0. The molecule has 0 saturated heterocycles. The van der Waals surface area contributed by atoms with Crippen LogP contribution in [0.1, 0.15) is 23.0 Å². The molecule has 3 aromatic rings. The molecule has 0 fully saturated rings. The van der Waals surface area contributed by atoms with E-state index in [1.54, 1.807) is 0 Å². The van der Waals surface area contributed by atoms with E-state index in [0.29, 0.717) is 5.92 Å². The maximum absolute atomic E-state index is 3.51. The van der Waals surface area contributed by atoms with Gasteiger partial charge in [0.05, 0.1) is 0 Å². The predicted octanol–water partition coefficient (Wildman–Crippen LogP) is 2.69. The summed E-state index contributed by atoms with van der Waals surface area (Å²) in [5.41, 5.74) is 4.25. The molecule has 6 rings (SSSR count). The van der Waals surface area contributed by atoms with Crippen LogP contribution < -0.4 is 0 Å². The summed E-state index contributed by atoms with van der Waals surface area (Å²) in [7, 11) is 0. The normalized spacial score (nSPS) is 26.8. The first kappa shape index (κ1) is 9.68. The van der Waals surface area contributed by atoms with E-state index in [9.17, 15) is 0 Å². The fraction of sp³-hybridized carbons (Fsp3) is 0.0769. The third-order valence-corrected chi connectivity index (χ3v) is 10.1. The van der Waals surface area contributed by atoms with Crippen molar-refractivity contribution < 1.29 is 0 Å². The molecule has 6 heterocycles. The van der Waals surface area contributed by atoms with Crippen LogP contribution in [-0.4, -0.2) is 28.1 Å². The van der Waals surface area contributed by atoms with Crippen molar-refractivity contribution in [2.75, 3.05) is 0 Å². The maximum atomic E-state index is 3.51. The minimum atomic E-state index is -1.68. The van der Waals surface area contributed by atoms with Gasteiger partial charge < -0.3 is 0 Å². The van der Waals surface area contributed by atoms with Crippen molar-refractivity contribution in [1.29, 1.82) is 0 Å². The van der Waals surface area contributed by atoms with Crippen molar-refractivity contribution in [3.05, 3.63) is 72.1 Å². The number of hydrogen-bond acceptors (Lipinski definition) is 0. The second kappa shape index (κ2) is 2.85. The van der Waals surface area contributed by atoms with E-state index < -0.39 is 5.96 Å². The number of nitrogens with zero attached hydrogens (tertiary/aromatic N) is 3. The van der Waals surface area contributed by atoms with Crippen LogP contribution in [0, 0.1) is 0 Å². The fourth-order valence-corrected chi connectivity index (χ4v) is 8.95. The van der Waals surface area contributed by atoms with Gasteiger partial charge >= 0.3 is 112 Å². The second-order valence-corrected chi connectivity index (χ2v) is 10.2. The topological polar surface area (TPSA) is 14.8 Å². The van der Waals surface area contributed by atoms with Gasteiger partial charge in [0.2, 0.25) is 0 Å². The molecule has 0 spiro atoms. The van der Waals surface area contributed by atoms with Crippen molar-refractivity contribution in [1.82, 2.24) is 13.0 Å². The SMILES string of the molecule is [Se]=P12n3cccc3C(c3cccn31)c1cccn12. The first-order chi connectivity index (χ1) is 8.82. The van der Waals surface area contributed by atoms with Crippen LogP contribution in [0.15, 0.2) is 55.0 Å². The predicted molar refractivity (Wildman–Crippen MR) is 73.1 cm³/mol. The Morgan fingerprint density at radius 2 is 1.17 bits per heavy atom. The van der Waals surface area contributed by atoms with Gasteiger partial charge in [0.15, 0.2) is 0 Å². The van der Waals surface area contributed by atoms with E-state index in [1.165, 1.54) is 17.1 Å². The Kier molecular flexibility index (Phi) is 1.54. The summed E-state index contributed by atoms with van der Waals surface area (Å²) in [6.07, 6.45) is 6.62. The fourth-order valence-electron chi connectivity index (χ4n) is 3.32. The average Bonchev–Trinajstić information content (AvgIpc) is 3.10. The molecule has 0 aliphatic carbocycles. The van der Waals surface area contributed by atoms with Gasteiger partial charge in [-0.15, -0.1) is 0 Å². The summed E-state index contributed by atoms with van der Waals surface area (Å²) in [5.74, 6) is -1.30. The molecular formula is C13H10N3PSe. The molecule has 5 heteroatoms. The molecule has 88 valence electrons. The molecule has 2 bridgehead atoms. The summed E-state index contributed by atoms with van der Waals surface area (Å²) < 4.78 is 7.33. The molecule has 3 aromatic heterocycles. The van der Waals surface area contributed by atoms with Crippen LogP contribution in [0.3, 0.4) is 0 Å². The molecule has 0 radical (unpaired) electrons. The first-order valence-electron chi connectivity index (χ1n) is 5.96. The molecule has 0 amide bonds. The Labute approximate surface area is 112 Å². The average molecular weight is 318 g/mol. The van der Waals surface area contributed by atoms with Gasteiger partial charge in [-0.05, 0) is 0 Å². The molecule has 0 unspecified atom stereocenters. The summed E-state index contributed by atoms with van der Waals surface area (Å²) >= 11 is 3.51. The van der Waals surface area contributed by atoms with Crippen LogP contribution in [0.5, 0.6) is 0 Å². The Hall–Kier alpha value is -1.21. The molecule has 0 atom stereocenters. The number of aromatic nitrogens is 3.